The van der Waals surface area contributed by atoms with Crippen molar-refractivity contribution in [1.82, 2.24) is 9.55 Å². The minimum atomic E-state index is -0.0760. The Morgan fingerprint density at radius 3 is 2.58 bits per heavy atom. The number of nitrogens with zero attached hydrogens (tertiary/aromatic N) is 2. The lowest BCUT2D eigenvalue weighted by molar-refractivity contribution is 0.502. The van der Waals surface area contributed by atoms with Crippen molar-refractivity contribution in [1.29, 1.82) is 0 Å². The SMILES string of the molecule is CC(C)CC(N)CNc1nccn(CC(C)C)c1=O. The van der Waals surface area contributed by atoms with Gasteiger partial charge in [0.25, 0.3) is 5.56 Å². The van der Waals surface area contributed by atoms with Crippen LogP contribution < -0.4 is 16.6 Å². The van der Waals surface area contributed by atoms with Crippen molar-refractivity contribution in [2.45, 2.75) is 46.7 Å². The monoisotopic (exact) mass is 266 g/mol. The van der Waals surface area contributed by atoms with Crippen LogP contribution >= 0.6 is 0 Å². The van der Waals surface area contributed by atoms with Crippen molar-refractivity contribution in [3.05, 3.63) is 22.7 Å². The molecule has 0 radical (unpaired) electrons. The predicted molar refractivity (Wildman–Crippen MR) is 79.3 cm³/mol. The van der Waals surface area contributed by atoms with E-state index in [2.05, 4.69) is 38.0 Å². The number of anilines is 1. The maximum absolute atomic E-state index is 12.1. The van der Waals surface area contributed by atoms with E-state index >= 15 is 0 Å². The maximum atomic E-state index is 12.1. The number of hydrogen-bond acceptors (Lipinski definition) is 4. The number of rotatable bonds is 7. The maximum Gasteiger partial charge on any atom is 0.293 e. The Morgan fingerprint density at radius 2 is 2.00 bits per heavy atom. The highest BCUT2D eigenvalue weighted by Crippen LogP contribution is 2.03. The van der Waals surface area contributed by atoms with Crippen LogP contribution in [0.5, 0.6) is 0 Å². The van der Waals surface area contributed by atoms with Crippen LogP contribution in [-0.2, 0) is 6.54 Å². The lowest BCUT2D eigenvalue weighted by Gasteiger charge is -2.15. The van der Waals surface area contributed by atoms with Crippen LogP contribution in [-0.4, -0.2) is 22.1 Å². The average Bonchev–Trinajstić information content (AvgIpc) is 2.29. The third-order valence-electron chi connectivity index (χ3n) is 2.78. The molecule has 0 aliphatic carbocycles. The molecule has 0 aromatic carbocycles. The lowest BCUT2D eigenvalue weighted by Crippen LogP contribution is -2.33. The molecule has 0 aliphatic heterocycles. The molecule has 0 saturated carbocycles. The van der Waals surface area contributed by atoms with Gasteiger partial charge in [-0.25, -0.2) is 4.98 Å². The molecule has 1 aromatic rings. The van der Waals surface area contributed by atoms with Crippen LogP contribution in [0.2, 0.25) is 0 Å². The fourth-order valence-corrected chi connectivity index (χ4v) is 2.02. The van der Waals surface area contributed by atoms with Crippen LogP contribution in [0.1, 0.15) is 34.1 Å². The molecule has 0 aliphatic rings. The Hall–Kier alpha value is -1.36. The highest BCUT2D eigenvalue weighted by Gasteiger charge is 2.09. The first-order valence-electron chi connectivity index (χ1n) is 6.95. The summed E-state index contributed by atoms with van der Waals surface area (Å²) in [5.74, 6) is 1.37. The quantitative estimate of drug-likeness (QED) is 0.787. The second kappa shape index (κ2) is 7.28. The number of aromatic nitrogens is 2. The van der Waals surface area contributed by atoms with Gasteiger partial charge in [-0.05, 0) is 18.3 Å². The van der Waals surface area contributed by atoms with E-state index in [1.165, 1.54) is 0 Å². The molecule has 0 bridgehead atoms. The molecule has 1 rings (SSSR count). The van der Waals surface area contributed by atoms with Crippen LogP contribution in [0.3, 0.4) is 0 Å². The number of hydrogen-bond donors (Lipinski definition) is 2. The fourth-order valence-electron chi connectivity index (χ4n) is 2.02. The zero-order valence-electron chi connectivity index (χ0n) is 12.4. The highest BCUT2D eigenvalue weighted by molar-refractivity contribution is 5.30. The van der Waals surface area contributed by atoms with Crippen LogP contribution in [0.15, 0.2) is 17.2 Å². The summed E-state index contributed by atoms with van der Waals surface area (Å²) in [6.45, 7) is 9.71. The minimum Gasteiger partial charge on any atom is -0.364 e. The van der Waals surface area contributed by atoms with Crippen molar-refractivity contribution in [3.8, 4) is 0 Å². The summed E-state index contributed by atoms with van der Waals surface area (Å²) in [7, 11) is 0. The van der Waals surface area contributed by atoms with E-state index in [9.17, 15) is 4.79 Å². The van der Waals surface area contributed by atoms with E-state index in [0.717, 1.165) is 6.42 Å². The third kappa shape index (κ3) is 5.42. The molecule has 5 heteroatoms. The molecule has 108 valence electrons. The second-order valence-electron chi connectivity index (χ2n) is 5.90. The summed E-state index contributed by atoms with van der Waals surface area (Å²) in [4.78, 5) is 16.2. The van der Waals surface area contributed by atoms with Crippen molar-refractivity contribution in [3.63, 3.8) is 0 Å². The van der Waals surface area contributed by atoms with Gasteiger partial charge >= 0.3 is 0 Å². The van der Waals surface area contributed by atoms with Gasteiger partial charge in [0.15, 0.2) is 5.82 Å². The van der Waals surface area contributed by atoms with E-state index in [1.54, 1.807) is 17.0 Å². The first-order valence-corrected chi connectivity index (χ1v) is 6.95. The van der Waals surface area contributed by atoms with Crippen LogP contribution in [0.25, 0.3) is 0 Å². The molecule has 1 unspecified atom stereocenters. The van der Waals surface area contributed by atoms with Gasteiger partial charge in [0.2, 0.25) is 0 Å². The van der Waals surface area contributed by atoms with E-state index < -0.39 is 0 Å². The topological polar surface area (TPSA) is 72.9 Å². The van der Waals surface area contributed by atoms with Crippen molar-refractivity contribution in [2.75, 3.05) is 11.9 Å². The van der Waals surface area contributed by atoms with Gasteiger partial charge in [-0.1, -0.05) is 27.7 Å². The third-order valence-corrected chi connectivity index (χ3v) is 2.78. The molecule has 0 spiro atoms. The molecule has 0 fully saturated rings. The molecule has 0 amide bonds. The van der Waals surface area contributed by atoms with Crippen molar-refractivity contribution in [2.24, 2.45) is 17.6 Å². The Bertz CT molecular complexity index is 439. The molecule has 5 nitrogen and oxygen atoms in total. The molecule has 19 heavy (non-hydrogen) atoms. The molecule has 1 aromatic heterocycles. The number of nitrogens with two attached hydrogens (primary N) is 1. The second-order valence-corrected chi connectivity index (χ2v) is 5.90. The van der Waals surface area contributed by atoms with Gasteiger partial charge in [0, 0.05) is 31.5 Å². The van der Waals surface area contributed by atoms with E-state index in [4.69, 9.17) is 5.73 Å². The molecular weight excluding hydrogens is 240 g/mol. The van der Waals surface area contributed by atoms with Crippen LogP contribution in [0, 0.1) is 11.8 Å². The Balaban J connectivity index is 2.66. The summed E-state index contributed by atoms with van der Waals surface area (Å²) in [6.07, 6.45) is 4.31. The zero-order chi connectivity index (χ0) is 14.4. The smallest absolute Gasteiger partial charge is 0.293 e. The summed E-state index contributed by atoms with van der Waals surface area (Å²) in [6, 6.07) is 0.0416. The largest absolute Gasteiger partial charge is 0.364 e. The Kier molecular flexibility index (Phi) is 6.02. The summed E-state index contributed by atoms with van der Waals surface area (Å²) < 4.78 is 1.69. The Morgan fingerprint density at radius 1 is 1.32 bits per heavy atom. The van der Waals surface area contributed by atoms with Crippen molar-refractivity contribution < 1.29 is 0 Å². The molecule has 1 atom stereocenters. The van der Waals surface area contributed by atoms with E-state index in [-0.39, 0.29) is 11.6 Å². The van der Waals surface area contributed by atoms with Gasteiger partial charge in [-0.2, -0.15) is 0 Å². The normalized spacial score (nSPS) is 13.0. The van der Waals surface area contributed by atoms with Gasteiger partial charge in [-0.3, -0.25) is 4.79 Å². The van der Waals surface area contributed by atoms with Gasteiger partial charge < -0.3 is 15.6 Å². The molecule has 1 heterocycles. The van der Waals surface area contributed by atoms with E-state index in [0.29, 0.717) is 30.7 Å². The summed E-state index contributed by atoms with van der Waals surface area (Å²) in [5.41, 5.74) is 5.92. The number of nitrogens with one attached hydrogen (secondary N) is 1. The van der Waals surface area contributed by atoms with Crippen molar-refractivity contribution >= 4 is 5.82 Å². The average molecular weight is 266 g/mol. The summed E-state index contributed by atoms with van der Waals surface area (Å²) >= 11 is 0. The first-order chi connectivity index (χ1) is 8.90. The minimum absolute atomic E-state index is 0.0416. The van der Waals surface area contributed by atoms with Gasteiger partial charge in [-0.15, -0.1) is 0 Å². The van der Waals surface area contributed by atoms with Gasteiger partial charge in [0.1, 0.15) is 0 Å². The van der Waals surface area contributed by atoms with E-state index in [1.807, 2.05) is 0 Å². The first kappa shape index (κ1) is 15.7. The summed E-state index contributed by atoms with van der Waals surface area (Å²) in [5, 5.41) is 3.06. The standard InChI is InChI=1S/C14H26N4O/c1-10(2)7-12(15)8-17-13-14(19)18(6-5-16-13)9-11(3)4/h5-6,10-12H,7-9,15H2,1-4H3,(H,16,17). The lowest BCUT2D eigenvalue weighted by atomic mass is 10.0. The zero-order valence-corrected chi connectivity index (χ0v) is 12.4. The van der Waals surface area contributed by atoms with Gasteiger partial charge in [0.05, 0.1) is 0 Å². The molecule has 0 saturated heterocycles. The molecular formula is C14H26N4O. The predicted octanol–water partition coefficient (Wildman–Crippen LogP) is 1.68. The van der Waals surface area contributed by atoms with Crippen LogP contribution in [0.4, 0.5) is 5.82 Å². The molecule has 3 N–H and O–H groups in total. The Labute approximate surface area is 115 Å². The highest BCUT2D eigenvalue weighted by atomic mass is 16.1. The fraction of sp³-hybridized carbons (Fsp3) is 0.714.